The van der Waals surface area contributed by atoms with Gasteiger partial charge in [-0.3, -0.25) is 23.5 Å². The number of carbonyl (C=O) groups is 4. The summed E-state index contributed by atoms with van der Waals surface area (Å²) >= 11 is 5.25. The number of hydrogen-bond acceptors (Lipinski definition) is 26. The molecule has 2 aromatic carbocycles. The minimum Gasteiger partial charge on any atom is -0.450 e. The molecule has 1 aliphatic carbocycles. The smallest absolute Gasteiger partial charge is 0.450 e. The number of nitrogens with two attached hydrogens (primary N) is 1. The average molecular weight is 1760 g/mol. The molecule has 3 aromatic rings. The molecule has 0 saturated carbocycles. The van der Waals surface area contributed by atoms with Gasteiger partial charge in [-0.1, -0.05) is 106 Å². The van der Waals surface area contributed by atoms with Crippen molar-refractivity contribution in [1.29, 1.82) is 0 Å². The first-order valence-corrected chi connectivity index (χ1v) is 48.2. The molecule has 0 spiro atoms. The van der Waals surface area contributed by atoms with Gasteiger partial charge in [-0.15, -0.1) is 12.6 Å². The first-order valence-electron chi connectivity index (χ1n) is 36.2. The molecule has 1 saturated heterocycles. The molecule has 1 fully saturated rings. The lowest BCUT2D eigenvalue weighted by atomic mass is 9.81. The largest absolute Gasteiger partial charge is 0.490 e. The molecule has 113 heavy (non-hydrogen) atoms. The van der Waals surface area contributed by atoms with Crippen molar-refractivity contribution in [3.05, 3.63) is 118 Å². The summed E-state index contributed by atoms with van der Waals surface area (Å²) in [5, 5.41) is 8.38. The number of anilines is 1. The summed E-state index contributed by atoms with van der Waals surface area (Å²) < 4.78 is 146. The zero-order chi connectivity index (χ0) is 83.4. The Morgan fingerprint density at radius 2 is 1.50 bits per heavy atom. The maximum Gasteiger partial charge on any atom is 0.490 e. The van der Waals surface area contributed by atoms with E-state index in [4.69, 9.17) is 72.3 Å². The van der Waals surface area contributed by atoms with Crippen LogP contribution in [-0.4, -0.2) is 198 Å². The number of Topliss-reactive ketones (excluding diaryl/α,β-unsaturated/α-hetero) is 1. The second kappa shape index (κ2) is 45.4. The predicted octanol–water partition coefficient (Wildman–Crippen LogP) is 9.57. The number of rotatable bonds is 46. The molecular weight excluding hydrogens is 1650 g/mol. The highest BCUT2D eigenvalue weighted by atomic mass is 33.1. The number of ketones is 1. The number of nitrogens with one attached hydrogen (secondary N) is 3. The fourth-order valence-electron chi connectivity index (χ4n) is 12.7. The molecule has 4 heterocycles. The summed E-state index contributed by atoms with van der Waals surface area (Å²) in [6, 6.07) is 13.3. The van der Waals surface area contributed by atoms with Gasteiger partial charge in [0.1, 0.15) is 24.8 Å². The van der Waals surface area contributed by atoms with Crippen LogP contribution in [0.4, 0.5) is 16.2 Å². The summed E-state index contributed by atoms with van der Waals surface area (Å²) in [5.41, 5.74) is 13.0. The molecule has 3 aliphatic heterocycles. The number of unbranched alkanes of at least 4 members (excludes halogenated alkanes) is 5. The summed E-state index contributed by atoms with van der Waals surface area (Å²) in [5.74, 6) is 5.82. The van der Waals surface area contributed by atoms with Crippen molar-refractivity contribution < 1.29 is 124 Å². The van der Waals surface area contributed by atoms with Gasteiger partial charge in [0.15, 0.2) is 11.5 Å². The molecule has 4 aliphatic rings. The summed E-state index contributed by atoms with van der Waals surface area (Å²) in [6.45, 7) is 18.2. The van der Waals surface area contributed by atoms with Gasteiger partial charge in [-0.05, 0) is 120 Å². The van der Waals surface area contributed by atoms with Gasteiger partial charge < -0.3 is 79.1 Å². The van der Waals surface area contributed by atoms with E-state index in [0.717, 1.165) is 55.6 Å². The van der Waals surface area contributed by atoms with E-state index in [9.17, 15) is 55.6 Å². The van der Waals surface area contributed by atoms with Crippen molar-refractivity contribution in [2.75, 3.05) is 102 Å². The Kier molecular flexibility index (Phi) is 38.6. The maximum absolute atomic E-state index is 13.3. The quantitative estimate of drug-likeness (QED) is 0.00371. The number of phosphoric ester groups is 1. The second-order valence-corrected chi connectivity index (χ2v) is 40.1. The molecule has 10 N–H and O–H groups in total. The Labute approximate surface area is 676 Å². The molecule has 3 unspecified atom stereocenters. The van der Waals surface area contributed by atoms with Crippen LogP contribution in [0, 0.1) is 11.8 Å². The van der Waals surface area contributed by atoms with Crippen LogP contribution in [0.25, 0.3) is 6.08 Å². The first-order chi connectivity index (χ1) is 53.1. The number of amides is 3. The van der Waals surface area contributed by atoms with Crippen molar-refractivity contribution in [3.8, 4) is 11.8 Å². The first kappa shape index (κ1) is 96.2. The number of fused-ring (bicyclic) bond motifs is 3. The van der Waals surface area contributed by atoms with Crippen LogP contribution in [0.5, 0.6) is 0 Å². The van der Waals surface area contributed by atoms with Crippen LogP contribution in [0.1, 0.15) is 164 Å². The molecule has 0 radical (unpaired) electrons. The lowest BCUT2D eigenvalue weighted by Gasteiger charge is -2.25. The third-order valence-electron chi connectivity index (χ3n) is 17.9. The van der Waals surface area contributed by atoms with Crippen LogP contribution >= 0.6 is 45.1 Å². The SMILES string of the molecule is CCN1\C(=C/C=C/C=C/C2=[N+](CCCCCC(=O)NCCOCCOCCNC(=O)OCCC(C)(C)SSCOCCCCCCC(=O)NCC#Cc3cn([C@H]4C[C@@H](OCS(C)=S)[C@@H](COP(=O)(O)OP(=O)(O)OP(=O)(O)O)O4)c4c3C(=O)CC(N)=C4)c3ccc(S(=O)(=O)O)cc3C2(C)C)C(C)(C)c2ccccc21.O=S(=O)=O. The lowest BCUT2D eigenvalue weighted by Crippen LogP contribution is -2.30. The van der Waals surface area contributed by atoms with E-state index in [2.05, 4.69) is 137 Å². The number of aromatic nitrogens is 1. The molecule has 628 valence electrons. The highest BCUT2D eigenvalue weighted by Gasteiger charge is 2.47. The van der Waals surface area contributed by atoms with Crippen LogP contribution in [0.15, 0.2) is 95.3 Å². The fraction of sp³-hybridized carbons (Fsp3) is 0.563. The molecular formula is C71H103N7O26P3S6+. The van der Waals surface area contributed by atoms with E-state index in [1.54, 1.807) is 56.8 Å². The van der Waals surface area contributed by atoms with E-state index >= 15 is 0 Å². The van der Waals surface area contributed by atoms with Crippen LogP contribution in [0.3, 0.4) is 0 Å². The van der Waals surface area contributed by atoms with Crippen LogP contribution < -0.4 is 26.6 Å². The molecule has 7 rings (SSSR count). The summed E-state index contributed by atoms with van der Waals surface area (Å²) in [4.78, 5) is 90.7. The Hall–Kier alpha value is -5.60. The van der Waals surface area contributed by atoms with Crippen molar-refractivity contribution in [2.24, 2.45) is 5.73 Å². The number of ether oxygens (including phenoxy) is 6. The number of para-hydroxylation sites is 1. The van der Waals surface area contributed by atoms with Gasteiger partial charge in [0.25, 0.3) is 10.1 Å². The van der Waals surface area contributed by atoms with Gasteiger partial charge >= 0.3 is 40.2 Å². The summed E-state index contributed by atoms with van der Waals surface area (Å²) in [6.07, 6.45) is 18.4. The number of alkyl carbamates (subject to hydrolysis) is 1. The molecule has 1 aromatic heterocycles. The van der Waals surface area contributed by atoms with E-state index in [1.165, 1.54) is 23.0 Å². The van der Waals surface area contributed by atoms with Gasteiger partial charge in [-0.2, -0.15) is 21.6 Å². The second-order valence-electron chi connectivity index (χ2n) is 27.8. The Bertz CT molecular complexity index is 4460. The van der Waals surface area contributed by atoms with Gasteiger partial charge in [0.2, 0.25) is 17.5 Å². The monoisotopic (exact) mass is 1750 g/mol. The lowest BCUT2D eigenvalue weighted by molar-refractivity contribution is -0.438. The van der Waals surface area contributed by atoms with Crippen molar-refractivity contribution in [3.63, 3.8) is 0 Å². The highest BCUT2D eigenvalue weighted by molar-refractivity contribution is 8.77. The third-order valence-corrected chi connectivity index (χ3v) is 26.4. The number of nitrogens with zero attached hydrogens (tertiary/aromatic N) is 3. The van der Waals surface area contributed by atoms with Gasteiger partial charge in [0, 0.05) is 103 Å². The summed E-state index contributed by atoms with van der Waals surface area (Å²) in [7, 11) is -21.8. The van der Waals surface area contributed by atoms with Crippen LogP contribution in [-0.2, 0) is 117 Å². The van der Waals surface area contributed by atoms with E-state index in [1.807, 2.05) is 12.2 Å². The molecule has 6 atom stereocenters. The van der Waals surface area contributed by atoms with Crippen molar-refractivity contribution in [1.82, 2.24) is 20.5 Å². The standard InChI is InChI=1S/C71H102N7O23P3S5.O3S/c1-9-76-56-25-19-18-24-54(56)70(4,5)62(76)26-14-12-15-27-63-71(6,7)55-45-53(109(90,91)92)30-31-57(55)77(63)36-20-13-17-29-65(81)74-34-39-93-41-42-94-40-35-75-68(82)96-38-32-69(2,3)107-106-49-95-37-21-11-10-16-28-64(80)73-33-22-23-51-47-78(58-43-52(72)44-59(79)67(51)58)66-46-60(97-50-108(8)105)61(99-66)48-98-103(86,87)101-104(88,89)100-102(83,84)85;1-4(2)3/h12,14-15,18-19,24-27,30-31,43,45,47,60-61,66H,9-11,13,16-17,20-21,28-29,32-42,44,46,48-50H2,1-8H3,(H9-,72,73,74,75,79,80,81,82,83,84,85,86,87,88,89,90,91,92);/p+1/t60-,61-,66-,108?;/m1./s1. The number of likely N-dealkylation sites (N-methyl/N-ethyl adjacent to an activating group) is 1. The van der Waals surface area contributed by atoms with Crippen molar-refractivity contribution >= 4 is 133 Å². The third kappa shape index (κ3) is 32.0. The normalized spacial score (nSPS) is 18.8. The van der Waals surface area contributed by atoms with E-state index in [0.29, 0.717) is 82.4 Å². The van der Waals surface area contributed by atoms with E-state index in [-0.39, 0.29) is 95.4 Å². The van der Waals surface area contributed by atoms with Gasteiger partial charge in [-0.25, -0.2) is 18.5 Å². The number of carbonyl (C=O) groups excluding carboxylic acids is 4. The zero-order valence-electron chi connectivity index (χ0n) is 64.2. The molecule has 0 bridgehead atoms. The molecule has 3 amide bonds. The Balaban J connectivity index is 0.00000485. The molecule has 42 heteroatoms. The van der Waals surface area contributed by atoms with Crippen LogP contribution in [0.2, 0.25) is 0 Å². The fourth-order valence-corrected chi connectivity index (χ4v) is 19.0. The number of phosphoric acid groups is 3. The molecule has 33 nitrogen and oxygen atoms in total. The topological polar surface area (TPSA) is 462 Å². The minimum atomic E-state index is -5.78. The van der Waals surface area contributed by atoms with E-state index < -0.39 is 90.2 Å². The highest BCUT2D eigenvalue weighted by Crippen LogP contribution is 2.66. The Morgan fingerprint density at radius 1 is 0.841 bits per heavy atom. The Morgan fingerprint density at radius 3 is 2.18 bits per heavy atom. The number of benzene rings is 2. The minimum absolute atomic E-state index is 0.00999. The average Bonchev–Trinajstić information content (AvgIpc) is 1.58. The van der Waals surface area contributed by atoms with Gasteiger partial charge in [0.05, 0.1) is 91.8 Å². The van der Waals surface area contributed by atoms with Crippen molar-refractivity contribution in [2.45, 2.75) is 164 Å². The predicted molar refractivity (Wildman–Crippen MR) is 432 cm³/mol. The number of hydrogen-bond donors (Lipinski definition) is 9. The zero-order valence-corrected chi connectivity index (χ0v) is 71.8. The maximum atomic E-state index is 13.3. The number of allylic oxidation sites excluding steroid dienone is 7.